The molecule has 0 aliphatic rings. The average Bonchev–Trinajstić information content (AvgIpc) is 2.14. The normalized spacial score (nSPS) is 10.9. The van der Waals surface area contributed by atoms with Crippen LogP contribution in [-0.4, -0.2) is 4.92 Å². The van der Waals surface area contributed by atoms with E-state index < -0.39 is 27.9 Å². The van der Waals surface area contributed by atoms with Crippen molar-refractivity contribution in [3.8, 4) is 6.07 Å². The Morgan fingerprint density at radius 3 is 2.38 bits per heavy atom. The van der Waals surface area contributed by atoms with Gasteiger partial charge in [-0.25, -0.2) is 0 Å². The van der Waals surface area contributed by atoms with Gasteiger partial charge < -0.3 is 0 Å². The molecule has 0 amide bonds. The zero-order valence-corrected chi connectivity index (χ0v) is 8.96. The van der Waals surface area contributed by atoms with Crippen molar-refractivity contribution in [3.05, 3.63) is 37.8 Å². The molecule has 0 N–H and O–H groups in total. The Kier molecular flexibility index (Phi) is 3.19. The lowest BCUT2D eigenvalue weighted by Gasteiger charge is -2.09. The van der Waals surface area contributed by atoms with Crippen LogP contribution in [0, 0.1) is 21.4 Å². The van der Waals surface area contributed by atoms with E-state index in [1.165, 1.54) is 6.07 Å². The van der Waals surface area contributed by atoms with Gasteiger partial charge in [0.05, 0.1) is 16.1 Å². The summed E-state index contributed by atoms with van der Waals surface area (Å²) in [5.74, 6) is 0. The molecule has 0 atom stereocenters. The summed E-state index contributed by atoms with van der Waals surface area (Å²) >= 11 is 2.69. The van der Waals surface area contributed by atoms with E-state index in [1.807, 2.05) is 0 Å². The second kappa shape index (κ2) is 4.09. The Morgan fingerprint density at radius 1 is 1.44 bits per heavy atom. The van der Waals surface area contributed by atoms with Crippen molar-refractivity contribution in [1.82, 2.24) is 0 Å². The molecule has 0 spiro atoms. The summed E-state index contributed by atoms with van der Waals surface area (Å²) in [5, 5.41) is 18.9. The lowest BCUT2D eigenvalue weighted by Crippen LogP contribution is -2.09. The molecule has 1 aromatic carbocycles. The van der Waals surface area contributed by atoms with Gasteiger partial charge in [-0.1, -0.05) is 0 Å². The van der Waals surface area contributed by atoms with Crippen LogP contribution >= 0.6 is 15.9 Å². The Labute approximate surface area is 95.6 Å². The minimum Gasteiger partial charge on any atom is -0.258 e. The van der Waals surface area contributed by atoms with Gasteiger partial charge in [-0.05, 0) is 15.9 Å². The van der Waals surface area contributed by atoms with Gasteiger partial charge >= 0.3 is 6.18 Å². The highest BCUT2D eigenvalue weighted by Gasteiger charge is 2.36. The molecule has 84 valence electrons. The van der Waals surface area contributed by atoms with Crippen LogP contribution in [0.2, 0.25) is 0 Å². The number of rotatable bonds is 1. The zero-order valence-electron chi connectivity index (χ0n) is 7.38. The summed E-state index contributed by atoms with van der Waals surface area (Å²) in [6.07, 6.45) is -4.81. The molecule has 0 saturated heterocycles. The predicted molar refractivity (Wildman–Crippen MR) is 50.5 cm³/mol. The van der Waals surface area contributed by atoms with Crippen LogP contribution in [0.15, 0.2) is 16.6 Å². The first-order valence-corrected chi connectivity index (χ1v) is 4.52. The molecule has 4 nitrogen and oxygen atoms in total. The Hall–Kier alpha value is -1.62. The largest absolute Gasteiger partial charge is 0.417 e. The quantitative estimate of drug-likeness (QED) is 0.590. The van der Waals surface area contributed by atoms with Crippen molar-refractivity contribution < 1.29 is 18.1 Å². The van der Waals surface area contributed by atoms with Gasteiger partial charge in [-0.15, -0.1) is 0 Å². The number of nitro benzene ring substituents is 1. The molecule has 16 heavy (non-hydrogen) atoms. The van der Waals surface area contributed by atoms with E-state index in [1.54, 1.807) is 0 Å². The number of benzene rings is 1. The van der Waals surface area contributed by atoms with Crippen molar-refractivity contribution in [2.45, 2.75) is 6.18 Å². The number of alkyl halides is 3. The van der Waals surface area contributed by atoms with Gasteiger partial charge in [-0.2, -0.15) is 18.4 Å². The third-order valence-corrected chi connectivity index (χ3v) is 2.33. The van der Waals surface area contributed by atoms with E-state index in [0.717, 1.165) is 6.07 Å². The van der Waals surface area contributed by atoms with Crippen LogP contribution in [0.4, 0.5) is 18.9 Å². The van der Waals surface area contributed by atoms with E-state index in [0.29, 0.717) is 6.07 Å². The van der Waals surface area contributed by atoms with Crippen molar-refractivity contribution in [2.24, 2.45) is 0 Å². The first-order valence-electron chi connectivity index (χ1n) is 3.72. The lowest BCUT2D eigenvalue weighted by atomic mass is 10.1. The number of nitro groups is 1. The summed E-state index contributed by atoms with van der Waals surface area (Å²) in [6, 6.07) is 2.54. The highest BCUT2D eigenvalue weighted by Crippen LogP contribution is 2.37. The standard InChI is InChI=1S/C8H2BrF3N2O2/c9-7-2-4(14(15)16)1-6(5(7)3-13)8(10,11)12/h1-2H. The fraction of sp³-hybridized carbons (Fsp3) is 0.125. The van der Waals surface area contributed by atoms with Gasteiger partial charge in [0, 0.05) is 16.6 Å². The smallest absolute Gasteiger partial charge is 0.258 e. The highest BCUT2D eigenvalue weighted by molar-refractivity contribution is 9.10. The van der Waals surface area contributed by atoms with Crippen molar-refractivity contribution >= 4 is 21.6 Å². The second-order valence-corrected chi connectivity index (χ2v) is 3.57. The van der Waals surface area contributed by atoms with E-state index in [2.05, 4.69) is 15.9 Å². The van der Waals surface area contributed by atoms with Crippen LogP contribution in [0.25, 0.3) is 0 Å². The summed E-state index contributed by atoms with van der Waals surface area (Å²) < 4.78 is 37.1. The Balaban J connectivity index is 3.57. The van der Waals surface area contributed by atoms with Gasteiger partial charge in [0.25, 0.3) is 5.69 Å². The number of hydrogen-bond acceptors (Lipinski definition) is 3. The molecule has 8 heteroatoms. The molecular formula is C8H2BrF3N2O2. The zero-order chi connectivity index (χ0) is 12.5. The van der Waals surface area contributed by atoms with Crippen LogP contribution in [0.1, 0.15) is 11.1 Å². The van der Waals surface area contributed by atoms with Gasteiger partial charge in [0.1, 0.15) is 6.07 Å². The first kappa shape index (κ1) is 12.4. The fourth-order valence-corrected chi connectivity index (χ4v) is 1.57. The van der Waals surface area contributed by atoms with Crippen molar-refractivity contribution in [3.63, 3.8) is 0 Å². The number of halogens is 4. The minimum absolute atomic E-state index is 0.253. The third kappa shape index (κ3) is 2.30. The average molecular weight is 295 g/mol. The molecule has 0 bridgehead atoms. The van der Waals surface area contributed by atoms with E-state index in [4.69, 9.17) is 5.26 Å². The monoisotopic (exact) mass is 294 g/mol. The van der Waals surface area contributed by atoms with Crippen molar-refractivity contribution in [2.75, 3.05) is 0 Å². The summed E-state index contributed by atoms with van der Waals surface area (Å²) in [5.41, 5.74) is -2.72. The number of hydrogen-bond donors (Lipinski definition) is 0. The number of nitrogens with zero attached hydrogens (tertiary/aromatic N) is 2. The molecule has 0 radical (unpaired) electrons. The summed E-state index contributed by atoms with van der Waals surface area (Å²) in [7, 11) is 0. The lowest BCUT2D eigenvalue weighted by molar-refractivity contribution is -0.385. The third-order valence-electron chi connectivity index (χ3n) is 1.70. The summed E-state index contributed by atoms with van der Waals surface area (Å²) in [4.78, 5) is 9.41. The predicted octanol–water partition coefficient (Wildman–Crippen LogP) is 3.25. The molecule has 0 heterocycles. The number of nitriles is 1. The maximum Gasteiger partial charge on any atom is 0.417 e. The van der Waals surface area contributed by atoms with Crippen LogP contribution in [-0.2, 0) is 6.18 Å². The second-order valence-electron chi connectivity index (χ2n) is 2.72. The Morgan fingerprint density at radius 2 is 2.00 bits per heavy atom. The van der Waals surface area contributed by atoms with E-state index >= 15 is 0 Å². The molecule has 0 saturated carbocycles. The molecular weight excluding hydrogens is 293 g/mol. The maximum atomic E-state index is 12.5. The minimum atomic E-state index is -4.81. The topological polar surface area (TPSA) is 66.9 Å². The molecule has 0 unspecified atom stereocenters. The van der Waals surface area contributed by atoms with Crippen LogP contribution in [0.3, 0.4) is 0 Å². The first-order chi connectivity index (χ1) is 7.27. The van der Waals surface area contributed by atoms with Gasteiger partial charge in [0.15, 0.2) is 0 Å². The fourth-order valence-electron chi connectivity index (χ4n) is 1.03. The molecule has 1 aromatic rings. The molecule has 0 aromatic heterocycles. The number of non-ortho nitro benzene ring substituents is 1. The molecule has 0 fully saturated rings. The maximum absolute atomic E-state index is 12.5. The van der Waals surface area contributed by atoms with Gasteiger partial charge in [0.2, 0.25) is 0 Å². The van der Waals surface area contributed by atoms with E-state index in [-0.39, 0.29) is 4.47 Å². The molecule has 0 aliphatic heterocycles. The SMILES string of the molecule is N#Cc1c(Br)cc([N+](=O)[O-])cc1C(F)(F)F. The van der Waals surface area contributed by atoms with Crippen molar-refractivity contribution in [1.29, 1.82) is 5.26 Å². The highest BCUT2D eigenvalue weighted by atomic mass is 79.9. The van der Waals surface area contributed by atoms with Gasteiger partial charge in [-0.3, -0.25) is 10.1 Å². The molecule has 0 aliphatic carbocycles. The van der Waals surface area contributed by atoms with Crippen LogP contribution in [0.5, 0.6) is 0 Å². The Bertz CT molecular complexity index is 493. The summed E-state index contributed by atoms with van der Waals surface area (Å²) in [6.45, 7) is 0. The molecule has 1 rings (SSSR count). The van der Waals surface area contributed by atoms with Crippen LogP contribution < -0.4 is 0 Å². The van der Waals surface area contributed by atoms with E-state index in [9.17, 15) is 23.3 Å².